The van der Waals surface area contributed by atoms with Crippen molar-refractivity contribution in [2.75, 3.05) is 7.05 Å². The van der Waals surface area contributed by atoms with E-state index in [9.17, 15) is 0 Å². The van der Waals surface area contributed by atoms with Gasteiger partial charge >= 0.3 is 0 Å². The van der Waals surface area contributed by atoms with Gasteiger partial charge in [0, 0.05) is 6.04 Å². The first kappa shape index (κ1) is 11.6. The second kappa shape index (κ2) is 4.56. The largest absolute Gasteiger partial charge is 0.353 e. The number of rotatable bonds is 2. The van der Waals surface area contributed by atoms with Gasteiger partial charge < -0.3 is 4.74 Å². The molecular formula is C14H21NO. The van der Waals surface area contributed by atoms with E-state index < -0.39 is 0 Å². The minimum Gasteiger partial charge on any atom is -0.353 e. The molecule has 88 valence electrons. The molecule has 0 N–H and O–H groups in total. The molecule has 2 nitrogen and oxygen atoms in total. The third-order valence-electron chi connectivity index (χ3n) is 3.47. The third kappa shape index (κ3) is 2.00. The molecule has 0 bridgehead atoms. The smallest absolute Gasteiger partial charge is 0.113 e. The monoisotopic (exact) mass is 219 g/mol. The van der Waals surface area contributed by atoms with Gasteiger partial charge in [-0.1, -0.05) is 44.2 Å². The number of likely N-dealkylation sites (N-methyl/N-ethyl adjacent to an activating group) is 1. The summed E-state index contributed by atoms with van der Waals surface area (Å²) in [5.74, 6) is 0.529. The van der Waals surface area contributed by atoms with Crippen LogP contribution < -0.4 is 0 Å². The standard InChI is InChI=1S/C14H21NO/c1-10(2)14-15(4)11(3)13(16-14)12-8-6-5-7-9-12/h5-11,13-14H,1-4H3/t11-,13-,14-/m0/s1. The minimum atomic E-state index is 0.207. The highest BCUT2D eigenvalue weighted by Gasteiger charge is 2.38. The van der Waals surface area contributed by atoms with E-state index in [1.165, 1.54) is 5.56 Å². The molecule has 3 atom stereocenters. The fourth-order valence-electron chi connectivity index (χ4n) is 2.43. The second-order valence-corrected chi connectivity index (χ2v) is 5.01. The molecule has 0 saturated carbocycles. The highest BCUT2D eigenvalue weighted by molar-refractivity contribution is 5.20. The van der Waals surface area contributed by atoms with Crippen LogP contribution in [-0.2, 0) is 4.74 Å². The molecule has 1 aromatic carbocycles. The van der Waals surface area contributed by atoms with Gasteiger partial charge in [-0.25, -0.2) is 0 Å². The summed E-state index contributed by atoms with van der Waals surface area (Å²) in [4.78, 5) is 2.34. The molecule has 0 radical (unpaired) electrons. The van der Waals surface area contributed by atoms with Gasteiger partial charge in [0.05, 0.1) is 6.10 Å². The molecule has 2 rings (SSSR count). The van der Waals surface area contributed by atoms with E-state index in [0.29, 0.717) is 12.0 Å². The highest BCUT2D eigenvalue weighted by atomic mass is 16.5. The van der Waals surface area contributed by atoms with Crippen LogP contribution in [0.1, 0.15) is 32.4 Å². The van der Waals surface area contributed by atoms with Crippen molar-refractivity contribution < 1.29 is 4.74 Å². The summed E-state index contributed by atoms with van der Waals surface area (Å²) in [6.45, 7) is 6.66. The van der Waals surface area contributed by atoms with Crippen LogP contribution in [0.4, 0.5) is 0 Å². The molecule has 16 heavy (non-hydrogen) atoms. The molecule has 1 aliphatic rings. The first-order valence-corrected chi connectivity index (χ1v) is 6.03. The van der Waals surface area contributed by atoms with Gasteiger partial charge in [0.25, 0.3) is 0 Å². The van der Waals surface area contributed by atoms with Gasteiger partial charge in [0.15, 0.2) is 0 Å². The maximum atomic E-state index is 6.16. The SMILES string of the molecule is CC(C)[C@@H]1O[C@H](c2ccccc2)[C@H](C)N1C. The lowest BCUT2D eigenvalue weighted by atomic mass is 10.0. The lowest BCUT2D eigenvalue weighted by molar-refractivity contribution is -0.0232. The van der Waals surface area contributed by atoms with Gasteiger partial charge in [0.1, 0.15) is 6.23 Å². The predicted molar refractivity (Wildman–Crippen MR) is 66.1 cm³/mol. The number of hydrogen-bond acceptors (Lipinski definition) is 2. The average Bonchev–Trinajstić information content (AvgIpc) is 2.58. The van der Waals surface area contributed by atoms with Crippen LogP contribution in [0, 0.1) is 5.92 Å². The van der Waals surface area contributed by atoms with Crippen LogP contribution in [0.3, 0.4) is 0 Å². The number of hydrogen-bond donors (Lipinski definition) is 0. The molecule has 0 amide bonds. The summed E-state index contributed by atoms with van der Waals surface area (Å²) in [5.41, 5.74) is 1.28. The van der Waals surface area contributed by atoms with Gasteiger partial charge in [-0.2, -0.15) is 0 Å². The molecule has 1 saturated heterocycles. The van der Waals surface area contributed by atoms with Crippen LogP contribution in [0.5, 0.6) is 0 Å². The van der Waals surface area contributed by atoms with Crippen LogP contribution in [-0.4, -0.2) is 24.2 Å². The topological polar surface area (TPSA) is 12.5 Å². The predicted octanol–water partition coefficient (Wildman–Crippen LogP) is 3.06. The first-order chi connectivity index (χ1) is 7.61. The summed E-state index contributed by atoms with van der Waals surface area (Å²) in [7, 11) is 2.15. The van der Waals surface area contributed by atoms with E-state index in [1.54, 1.807) is 0 Å². The van der Waals surface area contributed by atoms with Crippen molar-refractivity contribution in [1.82, 2.24) is 4.90 Å². The quantitative estimate of drug-likeness (QED) is 0.758. The molecule has 0 aliphatic carbocycles. The molecular weight excluding hydrogens is 198 g/mol. The van der Waals surface area contributed by atoms with Crippen molar-refractivity contribution in [2.24, 2.45) is 5.92 Å². The van der Waals surface area contributed by atoms with Gasteiger partial charge in [-0.15, -0.1) is 0 Å². The fraction of sp³-hybridized carbons (Fsp3) is 0.571. The Morgan fingerprint density at radius 1 is 1.19 bits per heavy atom. The lowest BCUT2D eigenvalue weighted by Gasteiger charge is -2.23. The van der Waals surface area contributed by atoms with Crippen LogP contribution in [0.25, 0.3) is 0 Å². The Morgan fingerprint density at radius 2 is 1.81 bits per heavy atom. The zero-order chi connectivity index (χ0) is 11.7. The summed E-state index contributed by atoms with van der Waals surface area (Å²) < 4.78 is 6.16. The molecule has 1 aliphatic heterocycles. The number of nitrogens with zero attached hydrogens (tertiary/aromatic N) is 1. The summed E-state index contributed by atoms with van der Waals surface area (Å²) in [6.07, 6.45) is 0.443. The molecule has 1 fully saturated rings. The zero-order valence-electron chi connectivity index (χ0n) is 10.6. The van der Waals surface area contributed by atoms with Crippen molar-refractivity contribution >= 4 is 0 Å². The van der Waals surface area contributed by atoms with Crippen molar-refractivity contribution in [2.45, 2.75) is 39.1 Å². The van der Waals surface area contributed by atoms with Crippen molar-refractivity contribution in [3.05, 3.63) is 35.9 Å². The number of ether oxygens (including phenoxy) is 1. The third-order valence-corrected chi connectivity index (χ3v) is 3.47. The highest BCUT2D eigenvalue weighted by Crippen LogP contribution is 2.35. The van der Waals surface area contributed by atoms with Crippen LogP contribution >= 0.6 is 0 Å². The average molecular weight is 219 g/mol. The van der Waals surface area contributed by atoms with E-state index in [2.05, 4.69) is 57.0 Å². The van der Waals surface area contributed by atoms with Crippen LogP contribution in [0.2, 0.25) is 0 Å². The van der Waals surface area contributed by atoms with E-state index in [0.717, 1.165) is 0 Å². The van der Waals surface area contributed by atoms with Gasteiger partial charge in [-0.05, 0) is 25.5 Å². The summed E-state index contributed by atoms with van der Waals surface area (Å²) in [5, 5.41) is 0. The van der Waals surface area contributed by atoms with Crippen molar-refractivity contribution in [1.29, 1.82) is 0 Å². The maximum absolute atomic E-state index is 6.16. The molecule has 2 heteroatoms. The molecule has 1 heterocycles. The van der Waals surface area contributed by atoms with Crippen LogP contribution in [0.15, 0.2) is 30.3 Å². The minimum absolute atomic E-state index is 0.207. The molecule has 0 unspecified atom stereocenters. The number of benzene rings is 1. The van der Waals surface area contributed by atoms with E-state index in [4.69, 9.17) is 4.74 Å². The van der Waals surface area contributed by atoms with Crippen molar-refractivity contribution in [3.63, 3.8) is 0 Å². The Balaban J connectivity index is 2.20. The first-order valence-electron chi connectivity index (χ1n) is 6.03. The van der Waals surface area contributed by atoms with E-state index in [-0.39, 0.29) is 12.3 Å². The zero-order valence-corrected chi connectivity index (χ0v) is 10.6. The fourth-order valence-corrected chi connectivity index (χ4v) is 2.43. The Labute approximate surface area is 98.2 Å². The lowest BCUT2D eigenvalue weighted by Crippen LogP contribution is -2.34. The molecule has 0 aromatic heterocycles. The van der Waals surface area contributed by atoms with E-state index in [1.807, 2.05) is 6.07 Å². The molecule has 0 spiro atoms. The Kier molecular flexibility index (Phi) is 3.31. The normalized spacial score (nSPS) is 31.2. The van der Waals surface area contributed by atoms with E-state index >= 15 is 0 Å². The maximum Gasteiger partial charge on any atom is 0.113 e. The molecule has 1 aromatic rings. The van der Waals surface area contributed by atoms with Crippen molar-refractivity contribution in [3.8, 4) is 0 Å². The Morgan fingerprint density at radius 3 is 2.31 bits per heavy atom. The second-order valence-electron chi connectivity index (χ2n) is 5.01. The van der Waals surface area contributed by atoms with Gasteiger partial charge in [0.2, 0.25) is 0 Å². The Hall–Kier alpha value is -0.860. The van der Waals surface area contributed by atoms with Gasteiger partial charge in [-0.3, -0.25) is 4.90 Å². The summed E-state index contributed by atoms with van der Waals surface area (Å²) >= 11 is 0. The summed E-state index contributed by atoms with van der Waals surface area (Å²) in [6, 6.07) is 10.9. The Bertz CT molecular complexity index is 336.